The number of fused-ring (bicyclic) bond motifs is 1. The van der Waals surface area contributed by atoms with E-state index >= 15 is 0 Å². The summed E-state index contributed by atoms with van der Waals surface area (Å²) in [6.45, 7) is 2.06. The molecule has 29 heavy (non-hydrogen) atoms. The van der Waals surface area contributed by atoms with Crippen LogP contribution < -0.4 is 15.0 Å². The van der Waals surface area contributed by atoms with Gasteiger partial charge in [-0.1, -0.05) is 0 Å². The number of halogens is 1. The maximum atomic E-state index is 13.4. The summed E-state index contributed by atoms with van der Waals surface area (Å²) in [6, 6.07) is 12.8. The molecule has 0 aliphatic carbocycles. The van der Waals surface area contributed by atoms with Crippen molar-refractivity contribution >= 4 is 23.2 Å². The van der Waals surface area contributed by atoms with Crippen molar-refractivity contribution in [2.45, 2.75) is 19.0 Å². The molecule has 6 nitrogen and oxygen atoms in total. The molecule has 0 unspecified atom stereocenters. The zero-order valence-corrected chi connectivity index (χ0v) is 16.4. The quantitative estimate of drug-likeness (QED) is 0.864. The van der Waals surface area contributed by atoms with Crippen molar-refractivity contribution in [2.75, 3.05) is 38.2 Å². The number of rotatable bonds is 3. The van der Waals surface area contributed by atoms with E-state index in [9.17, 15) is 14.0 Å². The minimum Gasteiger partial charge on any atom is -0.490 e. The highest BCUT2D eigenvalue weighted by Gasteiger charge is 2.26. The molecule has 1 N–H and O–H groups in total. The summed E-state index contributed by atoms with van der Waals surface area (Å²) in [5.41, 5.74) is 2.98. The van der Waals surface area contributed by atoms with Crippen LogP contribution in [0.4, 0.5) is 15.8 Å². The van der Waals surface area contributed by atoms with Crippen LogP contribution in [0.25, 0.3) is 0 Å². The Morgan fingerprint density at radius 1 is 1.03 bits per heavy atom. The molecule has 1 fully saturated rings. The Balaban J connectivity index is 1.55. The van der Waals surface area contributed by atoms with E-state index in [1.165, 1.54) is 0 Å². The van der Waals surface area contributed by atoms with Gasteiger partial charge in [-0.25, -0.2) is 4.39 Å². The first-order valence-corrected chi connectivity index (χ1v) is 9.86. The molecule has 4 rings (SSSR count). The standard InChI is InChI=1S/C22H24FN3O3/c1-24-21(27)15-2-5-18(6-3-15)26-12-13-29-20-14-16(4-7-19(20)26)22(28)25-10-8-17(23)9-11-25/h2-7,14,17H,8-13H2,1H3,(H,24,27). The van der Waals surface area contributed by atoms with Gasteiger partial charge in [-0.15, -0.1) is 0 Å². The summed E-state index contributed by atoms with van der Waals surface area (Å²) in [5.74, 6) is 0.437. The van der Waals surface area contributed by atoms with Crippen LogP contribution >= 0.6 is 0 Å². The van der Waals surface area contributed by atoms with Gasteiger partial charge in [-0.3, -0.25) is 9.59 Å². The molecule has 2 aliphatic heterocycles. The fraction of sp³-hybridized carbons (Fsp3) is 0.364. The van der Waals surface area contributed by atoms with Gasteiger partial charge in [0.15, 0.2) is 0 Å². The highest BCUT2D eigenvalue weighted by atomic mass is 19.1. The van der Waals surface area contributed by atoms with Gasteiger partial charge in [-0.2, -0.15) is 0 Å². The second-order valence-corrected chi connectivity index (χ2v) is 7.28. The van der Waals surface area contributed by atoms with Crippen molar-refractivity contribution in [1.82, 2.24) is 10.2 Å². The molecule has 2 amide bonds. The lowest BCUT2D eigenvalue weighted by atomic mass is 10.1. The van der Waals surface area contributed by atoms with E-state index in [1.54, 1.807) is 36.2 Å². The van der Waals surface area contributed by atoms with E-state index < -0.39 is 6.17 Å². The number of ether oxygens (including phenoxy) is 1. The second-order valence-electron chi connectivity index (χ2n) is 7.28. The number of carbonyl (C=O) groups is 2. The number of benzene rings is 2. The molecule has 0 saturated carbocycles. The number of anilines is 2. The lowest BCUT2D eigenvalue weighted by molar-refractivity contribution is 0.0666. The molecule has 152 valence electrons. The molecule has 1 saturated heterocycles. The Kier molecular flexibility index (Phi) is 5.38. The Bertz CT molecular complexity index is 908. The third kappa shape index (κ3) is 3.90. The first-order chi connectivity index (χ1) is 14.1. The normalized spacial score (nSPS) is 16.8. The molecular formula is C22H24FN3O3. The van der Waals surface area contributed by atoms with Crippen LogP contribution in [0.2, 0.25) is 0 Å². The van der Waals surface area contributed by atoms with Gasteiger partial charge in [0.1, 0.15) is 18.5 Å². The van der Waals surface area contributed by atoms with Crippen LogP contribution in [0.3, 0.4) is 0 Å². The number of amides is 2. The molecule has 2 aromatic carbocycles. The van der Waals surface area contributed by atoms with Crippen molar-refractivity contribution in [1.29, 1.82) is 0 Å². The van der Waals surface area contributed by atoms with Gasteiger partial charge >= 0.3 is 0 Å². The van der Waals surface area contributed by atoms with Crippen LogP contribution in [0.15, 0.2) is 42.5 Å². The van der Waals surface area contributed by atoms with Crippen LogP contribution in [-0.2, 0) is 0 Å². The zero-order valence-electron chi connectivity index (χ0n) is 16.4. The van der Waals surface area contributed by atoms with E-state index in [4.69, 9.17) is 4.74 Å². The monoisotopic (exact) mass is 397 g/mol. The summed E-state index contributed by atoms with van der Waals surface area (Å²) in [4.78, 5) is 28.3. The number of hydrogen-bond donors (Lipinski definition) is 1. The van der Waals surface area contributed by atoms with E-state index in [2.05, 4.69) is 10.2 Å². The van der Waals surface area contributed by atoms with E-state index in [0.717, 1.165) is 11.4 Å². The van der Waals surface area contributed by atoms with Gasteiger partial charge in [0.25, 0.3) is 11.8 Å². The van der Waals surface area contributed by atoms with Crippen LogP contribution in [-0.4, -0.2) is 56.2 Å². The number of hydrogen-bond acceptors (Lipinski definition) is 4. The molecular weight excluding hydrogens is 373 g/mol. The largest absolute Gasteiger partial charge is 0.490 e. The molecule has 0 radical (unpaired) electrons. The van der Waals surface area contributed by atoms with Gasteiger partial charge in [0.05, 0.1) is 12.2 Å². The number of piperidine rings is 1. The molecule has 0 spiro atoms. The van der Waals surface area contributed by atoms with Gasteiger partial charge in [0, 0.05) is 37.0 Å². The van der Waals surface area contributed by atoms with Crippen LogP contribution in [0.1, 0.15) is 33.6 Å². The predicted molar refractivity (Wildman–Crippen MR) is 109 cm³/mol. The van der Waals surface area contributed by atoms with Crippen molar-refractivity contribution in [2.24, 2.45) is 0 Å². The molecule has 0 aromatic heterocycles. The summed E-state index contributed by atoms with van der Waals surface area (Å²) >= 11 is 0. The van der Waals surface area contributed by atoms with E-state index in [-0.39, 0.29) is 11.8 Å². The van der Waals surface area contributed by atoms with Crippen LogP contribution in [0, 0.1) is 0 Å². The predicted octanol–water partition coefficient (Wildman–Crippen LogP) is 3.15. The van der Waals surface area contributed by atoms with Crippen molar-refractivity contribution in [3.05, 3.63) is 53.6 Å². The van der Waals surface area contributed by atoms with Gasteiger partial charge in [-0.05, 0) is 55.3 Å². The minimum atomic E-state index is -0.811. The number of carbonyl (C=O) groups excluding carboxylic acids is 2. The molecule has 7 heteroatoms. The topological polar surface area (TPSA) is 61.9 Å². The minimum absolute atomic E-state index is 0.0876. The SMILES string of the molecule is CNC(=O)c1ccc(N2CCOc3cc(C(=O)N4CCC(F)CC4)ccc32)cc1. The summed E-state index contributed by atoms with van der Waals surface area (Å²) in [5, 5.41) is 2.61. The van der Waals surface area contributed by atoms with Crippen LogP contribution in [0.5, 0.6) is 5.75 Å². The lowest BCUT2D eigenvalue weighted by Gasteiger charge is -2.32. The first kappa shape index (κ1) is 19.2. The summed E-state index contributed by atoms with van der Waals surface area (Å²) in [6.07, 6.45) is -0.0192. The van der Waals surface area contributed by atoms with E-state index in [1.807, 2.05) is 18.2 Å². The smallest absolute Gasteiger partial charge is 0.253 e. The Labute approximate surface area is 169 Å². The summed E-state index contributed by atoms with van der Waals surface area (Å²) < 4.78 is 19.2. The maximum Gasteiger partial charge on any atom is 0.253 e. The second kappa shape index (κ2) is 8.11. The first-order valence-electron chi connectivity index (χ1n) is 9.86. The molecule has 0 atom stereocenters. The number of nitrogens with zero attached hydrogens (tertiary/aromatic N) is 2. The summed E-state index contributed by atoms with van der Waals surface area (Å²) in [7, 11) is 1.60. The average Bonchev–Trinajstić information content (AvgIpc) is 2.78. The number of nitrogens with one attached hydrogen (secondary N) is 1. The fourth-order valence-electron chi connectivity index (χ4n) is 3.79. The van der Waals surface area contributed by atoms with Crippen molar-refractivity contribution in [3.63, 3.8) is 0 Å². The lowest BCUT2D eigenvalue weighted by Crippen LogP contribution is -2.39. The molecule has 0 bridgehead atoms. The van der Waals surface area contributed by atoms with E-state index in [0.29, 0.717) is 56.0 Å². The highest BCUT2D eigenvalue weighted by Crippen LogP contribution is 2.37. The molecule has 2 heterocycles. The Morgan fingerprint density at radius 3 is 2.41 bits per heavy atom. The molecule has 2 aliphatic rings. The van der Waals surface area contributed by atoms with Gasteiger partial charge < -0.3 is 19.9 Å². The van der Waals surface area contributed by atoms with Crippen molar-refractivity contribution < 1.29 is 18.7 Å². The average molecular weight is 397 g/mol. The zero-order chi connectivity index (χ0) is 20.4. The fourth-order valence-corrected chi connectivity index (χ4v) is 3.79. The van der Waals surface area contributed by atoms with Crippen molar-refractivity contribution in [3.8, 4) is 5.75 Å². The Hall–Kier alpha value is -3.09. The third-order valence-electron chi connectivity index (χ3n) is 5.45. The molecule has 2 aromatic rings. The Morgan fingerprint density at radius 2 is 1.72 bits per heavy atom. The number of alkyl halides is 1. The van der Waals surface area contributed by atoms with Gasteiger partial charge in [0.2, 0.25) is 0 Å². The highest BCUT2D eigenvalue weighted by molar-refractivity contribution is 5.96. The number of likely N-dealkylation sites (tertiary alicyclic amines) is 1. The third-order valence-corrected chi connectivity index (χ3v) is 5.45. The maximum absolute atomic E-state index is 13.4.